The molecule has 0 aliphatic heterocycles. The number of phenols is 1. The second kappa shape index (κ2) is 29.0. The summed E-state index contributed by atoms with van der Waals surface area (Å²) in [7, 11) is 0. The van der Waals surface area contributed by atoms with Crippen LogP contribution in [0.3, 0.4) is 0 Å². The van der Waals surface area contributed by atoms with Gasteiger partial charge in [-0.05, 0) is 79.9 Å². The van der Waals surface area contributed by atoms with E-state index < -0.39 is 121 Å². The van der Waals surface area contributed by atoms with E-state index in [9.17, 15) is 58.5 Å². The topological polar surface area (TPSA) is 337 Å². The molecule has 67 heavy (non-hydrogen) atoms. The van der Waals surface area contributed by atoms with Crippen molar-refractivity contribution in [3.05, 3.63) is 29.8 Å². The molecule has 1 rings (SSSR count). The van der Waals surface area contributed by atoms with Crippen molar-refractivity contribution in [1.29, 1.82) is 0 Å². The molecule has 1 aromatic rings. The third-order valence-corrected chi connectivity index (χ3v) is 10.3. The molecule has 0 saturated carbocycles. The number of carbonyl (C=O) groups is 9. The predicted octanol–water partition coefficient (Wildman–Crippen LogP) is -0.291. The van der Waals surface area contributed by atoms with Gasteiger partial charge in [-0.15, -0.1) is 0 Å². The van der Waals surface area contributed by atoms with Crippen LogP contribution in [0.5, 0.6) is 5.75 Å². The number of carboxylic acid groups (broad SMARTS) is 1. The quantitative estimate of drug-likeness (QED) is 0.0492. The molecule has 0 aliphatic carbocycles. The smallest absolute Gasteiger partial charge is 0.326 e. The van der Waals surface area contributed by atoms with Crippen LogP contribution >= 0.6 is 0 Å². The van der Waals surface area contributed by atoms with Crippen LogP contribution in [0, 0.1) is 29.6 Å². The Morgan fingerprint density at radius 2 is 0.866 bits per heavy atom. The Morgan fingerprint density at radius 3 is 1.28 bits per heavy atom. The number of hydrogen-bond donors (Lipinski definition) is 12. The molecule has 0 unspecified atom stereocenters. The SMILES string of the molecule is CC(C)C[C@H](NC(=O)[C@@H](NC(=O)CNC(=O)[C@H](CC(C)C)NC(=O)[C@H](CO)NC(=O)[C@H](CC(C)C)NC(=O)[C@H](Cc1ccc(O)cc1)NC(=O)[C@H](CC(C)C)NC(=O)[C@H](C)N)C(C)C)C(=O)O. The van der Waals surface area contributed by atoms with Crippen molar-refractivity contribution in [3.8, 4) is 5.75 Å². The lowest BCUT2D eigenvalue weighted by atomic mass is 9.99. The second-order valence-electron chi connectivity index (χ2n) is 19.1. The first-order valence-electron chi connectivity index (χ1n) is 22.9. The van der Waals surface area contributed by atoms with Gasteiger partial charge in [0.1, 0.15) is 48.0 Å². The van der Waals surface area contributed by atoms with Gasteiger partial charge in [-0.1, -0.05) is 81.4 Å². The molecular formula is C46H77N9O12. The average molecular weight is 948 g/mol. The van der Waals surface area contributed by atoms with Crippen LogP contribution in [-0.4, -0.2) is 130 Å². The maximum Gasteiger partial charge on any atom is 0.326 e. The maximum absolute atomic E-state index is 14.1. The minimum Gasteiger partial charge on any atom is -0.508 e. The van der Waals surface area contributed by atoms with Gasteiger partial charge < -0.3 is 63.6 Å². The molecule has 13 N–H and O–H groups in total. The highest BCUT2D eigenvalue weighted by Gasteiger charge is 2.34. The summed E-state index contributed by atoms with van der Waals surface area (Å²) in [5, 5.41) is 50.1. The molecule has 0 aromatic heterocycles. The highest BCUT2D eigenvalue weighted by atomic mass is 16.4. The predicted molar refractivity (Wildman–Crippen MR) is 249 cm³/mol. The van der Waals surface area contributed by atoms with Crippen LogP contribution in [0.15, 0.2) is 24.3 Å². The van der Waals surface area contributed by atoms with Crippen molar-refractivity contribution in [2.45, 2.75) is 157 Å². The molecule has 0 aliphatic rings. The van der Waals surface area contributed by atoms with Gasteiger partial charge in [-0.25, -0.2) is 4.79 Å². The monoisotopic (exact) mass is 948 g/mol. The third-order valence-electron chi connectivity index (χ3n) is 10.3. The highest BCUT2D eigenvalue weighted by molar-refractivity contribution is 5.97. The van der Waals surface area contributed by atoms with Crippen molar-refractivity contribution in [3.63, 3.8) is 0 Å². The number of nitrogens with one attached hydrogen (secondary N) is 8. The summed E-state index contributed by atoms with van der Waals surface area (Å²) >= 11 is 0. The van der Waals surface area contributed by atoms with Crippen molar-refractivity contribution in [2.75, 3.05) is 13.2 Å². The number of aromatic hydroxyl groups is 1. The van der Waals surface area contributed by atoms with Gasteiger partial charge in [0.25, 0.3) is 0 Å². The number of nitrogens with two attached hydrogens (primary N) is 1. The molecule has 21 heteroatoms. The summed E-state index contributed by atoms with van der Waals surface area (Å²) in [5.74, 6) is -8.29. The lowest BCUT2D eigenvalue weighted by molar-refractivity contribution is -0.143. The molecule has 21 nitrogen and oxygen atoms in total. The third kappa shape index (κ3) is 22.5. The van der Waals surface area contributed by atoms with E-state index in [4.69, 9.17) is 5.73 Å². The Morgan fingerprint density at radius 1 is 0.493 bits per heavy atom. The van der Waals surface area contributed by atoms with Crippen molar-refractivity contribution in [1.82, 2.24) is 42.5 Å². The summed E-state index contributed by atoms with van der Waals surface area (Å²) in [5.41, 5.74) is 6.27. The molecular weight excluding hydrogens is 871 g/mol. The first-order chi connectivity index (χ1) is 31.1. The number of carbonyl (C=O) groups excluding carboxylic acids is 8. The maximum atomic E-state index is 14.1. The van der Waals surface area contributed by atoms with E-state index in [0.717, 1.165) is 0 Å². The Bertz CT molecular complexity index is 1820. The van der Waals surface area contributed by atoms with Gasteiger partial charge in [0.15, 0.2) is 0 Å². The number of benzene rings is 1. The lowest BCUT2D eigenvalue weighted by Gasteiger charge is -2.28. The number of aliphatic hydroxyl groups excluding tert-OH is 1. The Balaban J connectivity index is 3.25. The fraction of sp³-hybridized carbons (Fsp3) is 0.674. The minimum absolute atomic E-state index is 0.0333. The van der Waals surface area contributed by atoms with E-state index in [1.807, 2.05) is 13.8 Å². The Kier molecular flexibility index (Phi) is 25.7. The molecule has 0 spiro atoms. The number of amides is 8. The number of aliphatic hydroxyl groups is 1. The molecule has 0 bridgehead atoms. The lowest BCUT2D eigenvalue weighted by Crippen LogP contribution is -2.60. The Labute approximate surface area is 394 Å². The zero-order chi connectivity index (χ0) is 51.3. The van der Waals surface area contributed by atoms with Crippen molar-refractivity contribution >= 4 is 53.2 Å². The van der Waals surface area contributed by atoms with Gasteiger partial charge >= 0.3 is 5.97 Å². The minimum atomic E-state index is -1.61. The summed E-state index contributed by atoms with van der Waals surface area (Å²) in [6, 6.07) is -3.85. The standard InChI is InChI=1S/C46H77N9O12/c1-23(2)16-31(40(60)48-21-37(58)55-38(27(9)10)45(65)53-35(46(66)67)19-26(7)8)50-44(64)36(22-56)54-42(62)33(18-25(5)6)51-43(63)34(20-29-12-14-30(57)15-13-29)52-41(61)32(17-24(3)4)49-39(59)28(11)47/h12-15,23-28,31-36,38,56-57H,16-22,47H2,1-11H3,(H,48,60)(H,49,59)(H,50,64)(H,51,63)(H,52,61)(H,53,65)(H,54,62)(H,55,58)(H,66,67)/t28-,31-,32-,33-,34-,35-,36-,38-/m0/s1. The van der Waals surface area contributed by atoms with E-state index in [1.54, 1.807) is 67.5 Å². The van der Waals surface area contributed by atoms with Crippen LogP contribution in [-0.2, 0) is 49.6 Å². The first kappa shape index (κ1) is 59.2. The molecule has 0 saturated heterocycles. The number of carboxylic acids is 1. The van der Waals surface area contributed by atoms with E-state index in [0.29, 0.717) is 5.56 Å². The molecule has 0 heterocycles. The number of phenolic OH excluding ortho intramolecular Hbond substituents is 1. The summed E-state index contributed by atoms with van der Waals surface area (Å²) in [4.78, 5) is 119. The average Bonchev–Trinajstić information content (AvgIpc) is 3.22. The van der Waals surface area contributed by atoms with Gasteiger partial charge in [0.05, 0.1) is 19.2 Å². The van der Waals surface area contributed by atoms with E-state index in [-0.39, 0.29) is 61.5 Å². The first-order valence-corrected chi connectivity index (χ1v) is 22.9. The van der Waals surface area contributed by atoms with Gasteiger partial charge in [-0.3, -0.25) is 38.4 Å². The normalized spacial score (nSPS) is 15.0. The number of rotatable bonds is 29. The van der Waals surface area contributed by atoms with Crippen LogP contribution in [0.2, 0.25) is 0 Å². The van der Waals surface area contributed by atoms with Gasteiger partial charge in [0.2, 0.25) is 47.3 Å². The van der Waals surface area contributed by atoms with Crippen LogP contribution in [0.1, 0.15) is 107 Å². The fourth-order valence-corrected chi connectivity index (χ4v) is 6.78. The van der Waals surface area contributed by atoms with Crippen LogP contribution < -0.4 is 48.3 Å². The largest absolute Gasteiger partial charge is 0.508 e. The zero-order valence-corrected chi connectivity index (χ0v) is 40.9. The van der Waals surface area contributed by atoms with Crippen LogP contribution in [0.25, 0.3) is 0 Å². The van der Waals surface area contributed by atoms with Gasteiger partial charge in [0, 0.05) is 6.42 Å². The zero-order valence-electron chi connectivity index (χ0n) is 40.9. The van der Waals surface area contributed by atoms with E-state index >= 15 is 0 Å². The fourth-order valence-electron chi connectivity index (χ4n) is 6.78. The summed E-state index contributed by atoms with van der Waals surface area (Å²) < 4.78 is 0. The summed E-state index contributed by atoms with van der Waals surface area (Å²) in [6.07, 6.45) is 0.409. The molecule has 1 aromatic carbocycles. The van der Waals surface area contributed by atoms with Crippen LogP contribution in [0.4, 0.5) is 0 Å². The second-order valence-corrected chi connectivity index (χ2v) is 19.1. The molecule has 8 amide bonds. The van der Waals surface area contributed by atoms with E-state index in [1.165, 1.54) is 19.1 Å². The Hall–Kier alpha value is -5.83. The molecule has 0 fully saturated rings. The van der Waals surface area contributed by atoms with Crippen molar-refractivity contribution < 1.29 is 58.5 Å². The summed E-state index contributed by atoms with van der Waals surface area (Å²) in [6.45, 7) is 17.7. The molecule has 8 atom stereocenters. The number of hydrogen-bond acceptors (Lipinski definition) is 12. The highest BCUT2D eigenvalue weighted by Crippen LogP contribution is 2.15. The van der Waals surface area contributed by atoms with E-state index in [2.05, 4.69) is 42.5 Å². The van der Waals surface area contributed by atoms with Crippen molar-refractivity contribution in [2.24, 2.45) is 35.3 Å². The molecule has 378 valence electrons. The number of aliphatic carboxylic acids is 1. The van der Waals surface area contributed by atoms with Gasteiger partial charge in [-0.2, -0.15) is 0 Å². The molecule has 0 radical (unpaired) electrons.